The van der Waals surface area contributed by atoms with Crippen molar-refractivity contribution in [3.63, 3.8) is 0 Å². The summed E-state index contributed by atoms with van der Waals surface area (Å²) in [4.78, 5) is 13.1. The molecule has 1 aliphatic rings. The number of hydrogen-bond donors (Lipinski definition) is 0. The van der Waals surface area contributed by atoms with E-state index in [2.05, 4.69) is 13.8 Å². The molecular formula is C11H23NO. The van der Waals surface area contributed by atoms with Crippen LogP contribution in [-0.4, -0.2) is 23.9 Å². The number of carbonyl (C=O) groups excluding carboxylic acids is 1. The van der Waals surface area contributed by atoms with Gasteiger partial charge in [0.2, 0.25) is 5.91 Å². The average molecular weight is 185 g/mol. The predicted octanol–water partition coefficient (Wildman–Crippen LogP) is 2.68. The van der Waals surface area contributed by atoms with Gasteiger partial charge in [0.15, 0.2) is 0 Å². The van der Waals surface area contributed by atoms with Gasteiger partial charge in [0.25, 0.3) is 0 Å². The highest BCUT2D eigenvalue weighted by molar-refractivity contribution is 5.78. The molecule has 2 nitrogen and oxygen atoms in total. The van der Waals surface area contributed by atoms with Crippen LogP contribution in [0.1, 0.15) is 47.0 Å². The summed E-state index contributed by atoms with van der Waals surface area (Å²) < 4.78 is 0. The van der Waals surface area contributed by atoms with E-state index in [1.165, 1.54) is 6.42 Å². The van der Waals surface area contributed by atoms with Gasteiger partial charge in [-0.25, -0.2) is 0 Å². The standard InChI is InChI=1S/C9H17NO.C2H6/c1-3-8(2)7-10-6-4-5-9(10)11;1-2/h8H,3-7H2,1-2H3;1-2H3. The molecule has 1 amide bonds. The molecule has 0 spiro atoms. The summed E-state index contributed by atoms with van der Waals surface area (Å²) >= 11 is 0. The Morgan fingerprint density at radius 2 is 2.08 bits per heavy atom. The molecular weight excluding hydrogens is 162 g/mol. The van der Waals surface area contributed by atoms with E-state index in [1.54, 1.807) is 0 Å². The van der Waals surface area contributed by atoms with Crippen molar-refractivity contribution >= 4 is 5.91 Å². The van der Waals surface area contributed by atoms with Crippen LogP contribution in [0.5, 0.6) is 0 Å². The number of rotatable bonds is 3. The fraction of sp³-hybridized carbons (Fsp3) is 0.909. The molecule has 1 heterocycles. The number of amides is 1. The number of nitrogens with zero attached hydrogens (tertiary/aromatic N) is 1. The van der Waals surface area contributed by atoms with E-state index in [0.717, 1.165) is 25.9 Å². The molecule has 1 aliphatic heterocycles. The van der Waals surface area contributed by atoms with Gasteiger partial charge in [-0.05, 0) is 12.3 Å². The summed E-state index contributed by atoms with van der Waals surface area (Å²) in [5.41, 5.74) is 0. The molecule has 1 saturated heterocycles. The van der Waals surface area contributed by atoms with Crippen molar-refractivity contribution in [2.75, 3.05) is 13.1 Å². The van der Waals surface area contributed by atoms with Gasteiger partial charge in [0.1, 0.15) is 0 Å². The number of likely N-dealkylation sites (tertiary alicyclic amines) is 1. The van der Waals surface area contributed by atoms with Gasteiger partial charge in [0.05, 0.1) is 0 Å². The number of hydrogen-bond acceptors (Lipinski definition) is 1. The van der Waals surface area contributed by atoms with E-state index in [9.17, 15) is 4.79 Å². The molecule has 0 aromatic rings. The maximum Gasteiger partial charge on any atom is 0.222 e. The van der Waals surface area contributed by atoms with E-state index in [-0.39, 0.29) is 0 Å². The topological polar surface area (TPSA) is 20.3 Å². The van der Waals surface area contributed by atoms with Crippen molar-refractivity contribution in [2.24, 2.45) is 5.92 Å². The minimum Gasteiger partial charge on any atom is -0.342 e. The second-order valence-corrected chi connectivity index (χ2v) is 3.46. The first-order valence-electron chi connectivity index (χ1n) is 5.51. The van der Waals surface area contributed by atoms with Crippen LogP contribution in [0.4, 0.5) is 0 Å². The first kappa shape index (κ1) is 12.5. The van der Waals surface area contributed by atoms with Crippen molar-refractivity contribution in [3.05, 3.63) is 0 Å². The molecule has 0 aliphatic carbocycles. The van der Waals surface area contributed by atoms with Crippen molar-refractivity contribution in [2.45, 2.75) is 47.0 Å². The van der Waals surface area contributed by atoms with Crippen molar-refractivity contribution < 1.29 is 4.79 Å². The van der Waals surface area contributed by atoms with E-state index in [0.29, 0.717) is 11.8 Å². The molecule has 0 aromatic carbocycles. The molecule has 0 aromatic heterocycles. The van der Waals surface area contributed by atoms with Crippen LogP contribution in [-0.2, 0) is 4.79 Å². The summed E-state index contributed by atoms with van der Waals surface area (Å²) in [6.07, 6.45) is 3.01. The Morgan fingerprint density at radius 1 is 1.46 bits per heavy atom. The highest BCUT2D eigenvalue weighted by atomic mass is 16.2. The first-order valence-corrected chi connectivity index (χ1v) is 5.51. The van der Waals surface area contributed by atoms with Crippen LogP contribution in [0.15, 0.2) is 0 Å². The highest BCUT2D eigenvalue weighted by Crippen LogP contribution is 2.13. The van der Waals surface area contributed by atoms with Gasteiger partial charge in [-0.15, -0.1) is 0 Å². The Balaban J connectivity index is 0.000000671. The normalized spacial score (nSPS) is 18.2. The zero-order valence-electron chi connectivity index (χ0n) is 9.47. The maximum atomic E-state index is 11.2. The van der Waals surface area contributed by atoms with Crippen molar-refractivity contribution in [1.82, 2.24) is 4.90 Å². The summed E-state index contributed by atoms with van der Waals surface area (Å²) in [6.45, 7) is 10.3. The molecule has 0 N–H and O–H groups in total. The lowest BCUT2D eigenvalue weighted by atomic mass is 10.1. The highest BCUT2D eigenvalue weighted by Gasteiger charge is 2.20. The van der Waals surface area contributed by atoms with Crippen LogP contribution in [0.2, 0.25) is 0 Å². The van der Waals surface area contributed by atoms with Crippen LogP contribution in [0.3, 0.4) is 0 Å². The lowest BCUT2D eigenvalue weighted by molar-refractivity contribution is -0.128. The van der Waals surface area contributed by atoms with E-state index in [4.69, 9.17) is 0 Å². The summed E-state index contributed by atoms with van der Waals surface area (Å²) in [7, 11) is 0. The molecule has 1 rings (SSSR count). The third-order valence-corrected chi connectivity index (χ3v) is 2.40. The molecule has 1 atom stereocenters. The largest absolute Gasteiger partial charge is 0.342 e. The van der Waals surface area contributed by atoms with Gasteiger partial charge in [-0.3, -0.25) is 4.79 Å². The van der Waals surface area contributed by atoms with Crippen LogP contribution in [0, 0.1) is 5.92 Å². The van der Waals surface area contributed by atoms with Gasteiger partial charge in [0, 0.05) is 19.5 Å². The minimum atomic E-state index is 0.352. The molecule has 0 radical (unpaired) electrons. The Labute approximate surface area is 82.3 Å². The number of carbonyl (C=O) groups is 1. The van der Waals surface area contributed by atoms with Gasteiger partial charge in [-0.1, -0.05) is 34.1 Å². The Hall–Kier alpha value is -0.530. The van der Waals surface area contributed by atoms with Gasteiger partial charge in [-0.2, -0.15) is 0 Å². The average Bonchev–Trinajstić information content (AvgIpc) is 2.55. The third-order valence-electron chi connectivity index (χ3n) is 2.40. The van der Waals surface area contributed by atoms with Crippen LogP contribution in [0.25, 0.3) is 0 Å². The fourth-order valence-corrected chi connectivity index (χ4v) is 1.40. The quantitative estimate of drug-likeness (QED) is 0.662. The second-order valence-electron chi connectivity index (χ2n) is 3.46. The molecule has 1 unspecified atom stereocenters. The van der Waals surface area contributed by atoms with Crippen LogP contribution < -0.4 is 0 Å². The molecule has 0 bridgehead atoms. The Morgan fingerprint density at radius 3 is 2.46 bits per heavy atom. The predicted molar refractivity (Wildman–Crippen MR) is 56.6 cm³/mol. The molecule has 78 valence electrons. The molecule has 2 heteroatoms. The molecule has 1 fully saturated rings. The van der Waals surface area contributed by atoms with Gasteiger partial charge < -0.3 is 4.90 Å². The summed E-state index contributed by atoms with van der Waals surface area (Å²) in [6, 6.07) is 0. The lowest BCUT2D eigenvalue weighted by Crippen LogP contribution is -2.29. The zero-order chi connectivity index (χ0) is 10.3. The molecule has 13 heavy (non-hydrogen) atoms. The lowest BCUT2D eigenvalue weighted by Gasteiger charge is -2.19. The Kier molecular flexibility index (Phi) is 6.65. The summed E-state index contributed by atoms with van der Waals surface area (Å²) in [5, 5.41) is 0. The maximum absolute atomic E-state index is 11.2. The SMILES string of the molecule is CC.CCC(C)CN1CCCC1=O. The molecule has 0 saturated carbocycles. The van der Waals surface area contributed by atoms with E-state index >= 15 is 0 Å². The fourth-order valence-electron chi connectivity index (χ4n) is 1.40. The van der Waals surface area contributed by atoms with Crippen molar-refractivity contribution in [1.29, 1.82) is 0 Å². The second kappa shape index (κ2) is 6.93. The minimum absolute atomic E-state index is 0.352. The smallest absolute Gasteiger partial charge is 0.222 e. The zero-order valence-corrected chi connectivity index (χ0v) is 9.47. The van der Waals surface area contributed by atoms with E-state index in [1.807, 2.05) is 18.7 Å². The first-order chi connectivity index (χ1) is 6.24. The third kappa shape index (κ3) is 4.30. The van der Waals surface area contributed by atoms with E-state index < -0.39 is 0 Å². The van der Waals surface area contributed by atoms with Crippen molar-refractivity contribution in [3.8, 4) is 0 Å². The van der Waals surface area contributed by atoms with Gasteiger partial charge >= 0.3 is 0 Å². The summed E-state index contributed by atoms with van der Waals surface area (Å²) in [5.74, 6) is 1.02. The monoisotopic (exact) mass is 185 g/mol. The Bertz CT molecular complexity index is 145. The van der Waals surface area contributed by atoms with Crippen LogP contribution >= 0.6 is 0 Å².